The van der Waals surface area contributed by atoms with Gasteiger partial charge in [0.25, 0.3) is 5.91 Å². The highest BCUT2D eigenvalue weighted by molar-refractivity contribution is 6.08. The third-order valence-corrected chi connectivity index (χ3v) is 2.33. The molecule has 0 atom stereocenters. The maximum absolute atomic E-state index is 11.8. The molecule has 0 heterocycles. The van der Waals surface area contributed by atoms with Gasteiger partial charge in [-0.3, -0.25) is 14.4 Å². The quantitative estimate of drug-likeness (QED) is 0.617. The van der Waals surface area contributed by atoms with Crippen LogP contribution in [0, 0.1) is 13.8 Å². The van der Waals surface area contributed by atoms with Crippen LogP contribution in [0.1, 0.15) is 21.5 Å². The minimum absolute atomic E-state index is 0.347. The zero-order valence-electron chi connectivity index (χ0n) is 10.2. The van der Waals surface area contributed by atoms with Crippen molar-refractivity contribution in [1.29, 1.82) is 0 Å². The van der Waals surface area contributed by atoms with Gasteiger partial charge in [-0.2, -0.15) is 0 Å². The van der Waals surface area contributed by atoms with Crippen LogP contribution in [-0.4, -0.2) is 23.8 Å². The van der Waals surface area contributed by atoms with Crippen molar-refractivity contribution in [2.75, 3.05) is 0 Å². The smallest absolute Gasteiger partial charge is 0.252 e. The number of hydrogen-bond acceptors (Lipinski definition) is 3. The highest BCUT2D eigenvalue weighted by Gasteiger charge is 2.24. The minimum atomic E-state index is -1.50. The van der Waals surface area contributed by atoms with Crippen LogP contribution in [0.5, 0.6) is 0 Å². The second kappa shape index (κ2) is 5.31. The normalized spacial score (nSPS) is 10.2. The fraction of sp³-hybridized carbons (Fsp3) is 0.250. The average Bonchev–Trinajstić information content (AvgIpc) is 2.23. The molecule has 18 heavy (non-hydrogen) atoms. The van der Waals surface area contributed by atoms with E-state index in [1.54, 1.807) is 12.1 Å². The number of rotatable bonds is 4. The Morgan fingerprint density at radius 2 is 1.44 bits per heavy atom. The van der Waals surface area contributed by atoms with Gasteiger partial charge >= 0.3 is 0 Å². The lowest BCUT2D eigenvalue weighted by atomic mass is 10.1. The van der Waals surface area contributed by atoms with Gasteiger partial charge in [-0.25, -0.2) is 0 Å². The standard InChI is InChI=1S/C12H15N3O3/c1-6-3-7(2)5-8(4-6)12(18)15-9(10(13)16)11(14)17/h3-5,9H,1-2H3,(H2,13,16)(H2,14,17)(H,15,18). The third kappa shape index (κ3) is 3.31. The van der Waals surface area contributed by atoms with E-state index in [0.717, 1.165) is 11.1 Å². The second-order valence-corrected chi connectivity index (χ2v) is 4.09. The summed E-state index contributed by atoms with van der Waals surface area (Å²) in [4.78, 5) is 33.7. The van der Waals surface area contributed by atoms with Gasteiger partial charge in [0.1, 0.15) is 0 Å². The van der Waals surface area contributed by atoms with Gasteiger partial charge < -0.3 is 16.8 Å². The van der Waals surface area contributed by atoms with Gasteiger partial charge in [0.15, 0.2) is 6.04 Å². The number of amides is 3. The Bertz CT molecular complexity index is 477. The van der Waals surface area contributed by atoms with Crippen molar-refractivity contribution >= 4 is 17.7 Å². The molecule has 3 amide bonds. The Kier molecular flexibility index (Phi) is 4.04. The summed E-state index contributed by atoms with van der Waals surface area (Å²) in [5.74, 6) is -2.54. The SMILES string of the molecule is Cc1cc(C)cc(C(=O)NC(C(N)=O)C(N)=O)c1. The van der Waals surface area contributed by atoms with Crippen LogP contribution in [0.15, 0.2) is 18.2 Å². The van der Waals surface area contributed by atoms with E-state index in [9.17, 15) is 14.4 Å². The summed E-state index contributed by atoms with van der Waals surface area (Å²) in [6.45, 7) is 3.67. The van der Waals surface area contributed by atoms with E-state index in [0.29, 0.717) is 5.56 Å². The Morgan fingerprint density at radius 3 is 1.83 bits per heavy atom. The molecule has 1 aromatic rings. The lowest BCUT2D eigenvalue weighted by Crippen LogP contribution is -2.52. The van der Waals surface area contributed by atoms with Crippen molar-refractivity contribution in [2.45, 2.75) is 19.9 Å². The first-order valence-electron chi connectivity index (χ1n) is 5.29. The van der Waals surface area contributed by atoms with Crippen LogP contribution in [-0.2, 0) is 9.59 Å². The molecule has 0 aliphatic carbocycles. The molecular weight excluding hydrogens is 234 g/mol. The number of carbonyl (C=O) groups excluding carboxylic acids is 3. The van der Waals surface area contributed by atoms with Gasteiger partial charge in [0.2, 0.25) is 11.8 Å². The van der Waals surface area contributed by atoms with Crippen molar-refractivity contribution in [3.05, 3.63) is 34.9 Å². The van der Waals surface area contributed by atoms with E-state index < -0.39 is 23.8 Å². The summed E-state index contributed by atoms with van der Waals surface area (Å²) in [5.41, 5.74) is 12.1. The highest BCUT2D eigenvalue weighted by Crippen LogP contribution is 2.08. The molecule has 6 heteroatoms. The summed E-state index contributed by atoms with van der Waals surface area (Å²) in [5, 5.41) is 2.20. The van der Waals surface area contributed by atoms with Gasteiger partial charge in [-0.15, -0.1) is 0 Å². The lowest BCUT2D eigenvalue weighted by Gasteiger charge is -2.12. The molecule has 0 spiro atoms. The Labute approximate surface area is 104 Å². The highest BCUT2D eigenvalue weighted by atomic mass is 16.2. The minimum Gasteiger partial charge on any atom is -0.367 e. The maximum Gasteiger partial charge on any atom is 0.252 e. The van der Waals surface area contributed by atoms with E-state index >= 15 is 0 Å². The monoisotopic (exact) mass is 249 g/mol. The van der Waals surface area contributed by atoms with Crippen LogP contribution in [0.25, 0.3) is 0 Å². The molecule has 0 unspecified atom stereocenters. The Balaban J connectivity index is 2.94. The molecule has 0 radical (unpaired) electrons. The van der Waals surface area contributed by atoms with Crippen molar-refractivity contribution in [1.82, 2.24) is 5.32 Å². The summed E-state index contributed by atoms with van der Waals surface area (Å²) in [6.07, 6.45) is 0. The van der Waals surface area contributed by atoms with E-state index in [1.807, 2.05) is 19.9 Å². The number of primary amides is 2. The summed E-state index contributed by atoms with van der Waals surface area (Å²) in [6, 6.07) is 3.68. The average molecular weight is 249 g/mol. The first kappa shape index (κ1) is 13.7. The third-order valence-electron chi connectivity index (χ3n) is 2.33. The molecular formula is C12H15N3O3. The van der Waals surface area contributed by atoms with Crippen molar-refractivity contribution in [2.24, 2.45) is 11.5 Å². The Morgan fingerprint density at radius 1 is 1.00 bits per heavy atom. The van der Waals surface area contributed by atoms with Crippen LogP contribution in [0.3, 0.4) is 0 Å². The first-order valence-corrected chi connectivity index (χ1v) is 5.29. The Hall–Kier alpha value is -2.37. The van der Waals surface area contributed by atoms with Crippen LogP contribution < -0.4 is 16.8 Å². The van der Waals surface area contributed by atoms with Crippen LogP contribution in [0.2, 0.25) is 0 Å². The van der Waals surface area contributed by atoms with Gasteiger partial charge in [0.05, 0.1) is 0 Å². The van der Waals surface area contributed by atoms with Crippen molar-refractivity contribution < 1.29 is 14.4 Å². The van der Waals surface area contributed by atoms with Crippen LogP contribution in [0.4, 0.5) is 0 Å². The van der Waals surface area contributed by atoms with E-state index in [4.69, 9.17) is 11.5 Å². The van der Waals surface area contributed by atoms with Crippen molar-refractivity contribution in [3.63, 3.8) is 0 Å². The zero-order chi connectivity index (χ0) is 13.9. The first-order chi connectivity index (χ1) is 8.31. The molecule has 0 aliphatic heterocycles. The number of carbonyl (C=O) groups is 3. The number of aryl methyl sites for hydroxylation is 2. The molecule has 0 fully saturated rings. The predicted octanol–water partition coefficient (Wildman–Crippen LogP) is -0.628. The maximum atomic E-state index is 11.8. The molecule has 1 rings (SSSR count). The molecule has 6 nitrogen and oxygen atoms in total. The molecule has 0 saturated carbocycles. The topological polar surface area (TPSA) is 115 Å². The summed E-state index contributed by atoms with van der Waals surface area (Å²) in [7, 11) is 0. The molecule has 0 aromatic heterocycles. The molecule has 5 N–H and O–H groups in total. The fourth-order valence-electron chi connectivity index (χ4n) is 1.60. The second-order valence-electron chi connectivity index (χ2n) is 4.09. The summed E-state index contributed by atoms with van der Waals surface area (Å²) >= 11 is 0. The molecule has 0 aliphatic rings. The van der Waals surface area contributed by atoms with Gasteiger partial charge in [0, 0.05) is 5.56 Å². The molecule has 1 aromatic carbocycles. The van der Waals surface area contributed by atoms with Gasteiger partial charge in [-0.1, -0.05) is 17.2 Å². The van der Waals surface area contributed by atoms with Gasteiger partial charge in [-0.05, 0) is 26.0 Å². The largest absolute Gasteiger partial charge is 0.367 e. The number of hydrogen-bond donors (Lipinski definition) is 3. The lowest BCUT2D eigenvalue weighted by molar-refractivity contribution is -0.128. The molecule has 0 bridgehead atoms. The van der Waals surface area contributed by atoms with E-state index in [1.165, 1.54) is 0 Å². The zero-order valence-corrected chi connectivity index (χ0v) is 10.2. The summed E-state index contributed by atoms with van der Waals surface area (Å²) < 4.78 is 0. The number of benzene rings is 1. The molecule has 96 valence electrons. The number of nitrogens with one attached hydrogen (secondary N) is 1. The molecule has 0 saturated heterocycles. The van der Waals surface area contributed by atoms with Crippen LogP contribution >= 0.6 is 0 Å². The van der Waals surface area contributed by atoms with E-state index in [-0.39, 0.29) is 0 Å². The number of nitrogens with two attached hydrogens (primary N) is 2. The fourth-order valence-corrected chi connectivity index (χ4v) is 1.60. The predicted molar refractivity (Wildman–Crippen MR) is 65.6 cm³/mol. The van der Waals surface area contributed by atoms with Crippen molar-refractivity contribution in [3.8, 4) is 0 Å². The van der Waals surface area contributed by atoms with E-state index in [2.05, 4.69) is 5.32 Å².